The molecule has 166 valence electrons. The number of methoxy groups -OCH3 is 1. The van der Waals surface area contributed by atoms with E-state index in [9.17, 15) is 4.79 Å². The van der Waals surface area contributed by atoms with Gasteiger partial charge in [-0.25, -0.2) is 9.97 Å². The van der Waals surface area contributed by atoms with Crippen molar-refractivity contribution in [1.82, 2.24) is 24.6 Å². The number of rotatable bonds is 5. The Labute approximate surface area is 187 Å². The first kappa shape index (κ1) is 20.5. The van der Waals surface area contributed by atoms with Crippen LogP contribution in [-0.4, -0.2) is 57.3 Å². The Morgan fingerprint density at radius 1 is 1.12 bits per heavy atom. The number of benzene rings is 1. The van der Waals surface area contributed by atoms with Crippen LogP contribution >= 0.6 is 0 Å². The summed E-state index contributed by atoms with van der Waals surface area (Å²) >= 11 is 0. The third-order valence-corrected chi connectivity index (χ3v) is 6.31. The molecule has 0 saturated carbocycles. The van der Waals surface area contributed by atoms with Crippen molar-refractivity contribution in [2.45, 2.75) is 31.7 Å². The predicted molar refractivity (Wildman–Crippen MR) is 122 cm³/mol. The number of carbonyl (C=O) groups is 1. The zero-order valence-corrected chi connectivity index (χ0v) is 18.6. The number of likely N-dealkylation sites (tertiary alicyclic amines) is 1. The fraction of sp³-hybridized carbons (Fsp3) is 0.417. The molecule has 32 heavy (non-hydrogen) atoms. The second-order valence-corrected chi connectivity index (χ2v) is 8.43. The van der Waals surface area contributed by atoms with Gasteiger partial charge in [-0.1, -0.05) is 6.07 Å². The second-order valence-electron chi connectivity index (χ2n) is 8.43. The van der Waals surface area contributed by atoms with Gasteiger partial charge in [-0.05, 0) is 49.9 Å². The van der Waals surface area contributed by atoms with E-state index in [1.54, 1.807) is 13.2 Å². The molecule has 0 radical (unpaired) electrons. The molecule has 1 atom stereocenters. The van der Waals surface area contributed by atoms with Gasteiger partial charge in [0.1, 0.15) is 5.75 Å². The molecule has 2 aromatic heterocycles. The van der Waals surface area contributed by atoms with Crippen LogP contribution in [0.1, 0.15) is 47.8 Å². The molecule has 2 saturated heterocycles. The van der Waals surface area contributed by atoms with E-state index >= 15 is 0 Å². The van der Waals surface area contributed by atoms with Crippen LogP contribution < -0.4 is 9.64 Å². The smallest absolute Gasteiger partial charge is 0.254 e. The van der Waals surface area contributed by atoms with Crippen molar-refractivity contribution in [3.63, 3.8) is 0 Å². The highest BCUT2D eigenvalue weighted by atomic mass is 16.5. The number of aromatic nitrogens is 4. The van der Waals surface area contributed by atoms with Crippen LogP contribution in [0.2, 0.25) is 0 Å². The van der Waals surface area contributed by atoms with Gasteiger partial charge in [-0.3, -0.25) is 9.48 Å². The zero-order chi connectivity index (χ0) is 22.1. The largest absolute Gasteiger partial charge is 0.497 e. The Balaban J connectivity index is 1.47. The normalized spacial score (nSPS) is 18.4. The number of carbonyl (C=O) groups excluding carboxylic acids is 1. The van der Waals surface area contributed by atoms with Crippen LogP contribution in [0, 0.1) is 0 Å². The first-order valence-corrected chi connectivity index (χ1v) is 11.2. The molecule has 0 spiro atoms. The molecule has 3 aromatic rings. The van der Waals surface area contributed by atoms with Crippen LogP contribution in [-0.2, 0) is 7.05 Å². The number of amides is 1. The van der Waals surface area contributed by atoms with Crippen LogP contribution in [0.15, 0.2) is 42.7 Å². The number of hydrogen-bond acceptors (Lipinski definition) is 6. The van der Waals surface area contributed by atoms with Crippen molar-refractivity contribution in [2.24, 2.45) is 7.05 Å². The lowest BCUT2D eigenvalue weighted by atomic mass is 10.0. The third-order valence-electron chi connectivity index (χ3n) is 6.31. The average molecular weight is 433 g/mol. The Bertz CT molecular complexity index is 1120. The first-order chi connectivity index (χ1) is 15.6. The average Bonchev–Trinajstić information content (AvgIpc) is 3.59. The number of ether oxygens (including phenoxy) is 1. The van der Waals surface area contributed by atoms with E-state index in [1.165, 1.54) is 12.8 Å². The summed E-state index contributed by atoms with van der Waals surface area (Å²) in [6.45, 7) is 2.70. The van der Waals surface area contributed by atoms with Crippen LogP contribution in [0.25, 0.3) is 11.3 Å². The molecule has 0 bridgehead atoms. The van der Waals surface area contributed by atoms with E-state index in [0.717, 1.165) is 48.8 Å². The maximum Gasteiger partial charge on any atom is 0.254 e. The van der Waals surface area contributed by atoms with Crippen LogP contribution in [0.5, 0.6) is 5.75 Å². The Morgan fingerprint density at radius 2 is 1.97 bits per heavy atom. The molecule has 2 aliphatic heterocycles. The van der Waals surface area contributed by atoms with Gasteiger partial charge in [-0.15, -0.1) is 0 Å². The van der Waals surface area contributed by atoms with E-state index in [4.69, 9.17) is 14.8 Å². The van der Waals surface area contributed by atoms with E-state index in [0.29, 0.717) is 17.9 Å². The highest BCUT2D eigenvalue weighted by Crippen LogP contribution is 2.37. The summed E-state index contributed by atoms with van der Waals surface area (Å²) in [6, 6.07) is 9.18. The van der Waals surface area contributed by atoms with Gasteiger partial charge in [-0.2, -0.15) is 5.10 Å². The molecule has 0 unspecified atom stereocenters. The highest BCUT2D eigenvalue weighted by Gasteiger charge is 2.34. The monoisotopic (exact) mass is 432 g/mol. The Kier molecular flexibility index (Phi) is 5.51. The molecule has 2 fully saturated rings. The van der Waals surface area contributed by atoms with Crippen molar-refractivity contribution in [3.8, 4) is 17.0 Å². The van der Waals surface area contributed by atoms with Crippen LogP contribution in [0.4, 0.5) is 5.95 Å². The number of aryl methyl sites for hydroxylation is 1. The van der Waals surface area contributed by atoms with Gasteiger partial charge in [0.15, 0.2) is 0 Å². The van der Waals surface area contributed by atoms with Gasteiger partial charge in [0, 0.05) is 50.2 Å². The van der Waals surface area contributed by atoms with Crippen molar-refractivity contribution in [2.75, 3.05) is 31.6 Å². The van der Waals surface area contributed by atoms with E-state index in [-0.39, 0.29) is 11.9 Å². The molecule has 1 aromatic carbocycles. The van der Waals surface area contributed by atoms with Gasteiger partial charge >= 0.3 is 0 Å². The molecule has 2 aliphatic rings. The van der Waals surface area contributed by atoms with Gasteiger partial charge in [0.05, 0.1) is 24.5 Å². The summed E-state index contributed by atoms with van der Waals surface area (Å²) in [5, 5.41) is 4.78. The van der Waals surface area contributed by atoms with E-state index in [2.05, 4.69) is 9.88 Å². The molecule has 8 heteroatoms. The topological polar surface area (TPSA) is 76.4 Å². The summed E-state index contributed by atoms with van der Waals surface area (Å²) in [5.74, 6) is 1.45. The zero-order valence-electron chi connectivity index (χ0n) is 18.6. The van der Waals surface area contributed by atoms with Crippen molar-refractivity contribution in [1.29, 1.82) is 0 Å². The van der Waals surface area contributed by atoms with E-state index < -0.39 is 0 Å². The van der Waals surface area contributed by atoms with E-state index in [1.807, 2.05) is 53.3 Å². The fourth-order valence-corrected chi connectivity index (χ4v) is 4.73. The van der Waals surface area contributed by atoms with Crippen LogP contribution in [0.3, 0.4) is 0 Å². The van der Waals surface area contributed by atoms with Gasteiger partial charge in [0.25, 0.3) is 5.91 Å². The molecule has 1 amide bonds. The minimum Gasteiger partial charge on any atom is -0.497 e. The molecule has 4 heterocycles. The standard InChI is InChI=1S/C24H28N6O2/c1-28-16-19(20-10-11-25-24(26-20)29-12-3-4-13-29)22(27-28)21-9-6-14-30(21)23(31)17-7-5-8-18(15-17)32-2/h5,7-8,10-11,15-16,21H,3-4,6,9,12-14H2,1-2H3/t21-/m0/s1. The summed E-state index contributed by atoms with van der Waals surface area (Å²) < 4.78 is 7.12. The molecule has 0 aliphatic carbocycles. The number of hydrogen-bond donors (Lipinski definition) is 0. The summed E-state index contributed by atoms with van der Waals surface area (Å²) in [6.07, 6.45) is 7.99. The second kappa shape index (κ2) is 8.61. The van der Waals surface area contributed by atoms with Crippen molar-refractivity contribution in [3.05, 3.63) is 54.0 Å². The first-order valence-electron chi connectivity index (χ1n) is 11.2. The Morgan fingerprint density at radius 3 is 2.78 bits per heavy atom. The highest BCUT2D eigenvalue weighted by molar-refractivity contribution is 5.95. The van der Waals surface area contributed by atoms with Crippen molar-refractivity contribution >= 4 is 11.9 Å². The minimum atomic E-state index is -0.0879. The molecular weight excluding hydrogens is 404 g/mol. The predicted octanol–water partition coefficient (Wildman–Crippen LogP) is 3.46. The number of nitrogens with zero attached hydrogens (tertiary/aromatic N) is 6. The third kappa shape index (κ3) is 3.81. The minimum absolute atomic E-state index is 0.00319. The fourth-order valence-electron chi connectivity index (χ4n) is 4.73. The number of anilines is 1. The molecule has 8 nitrogen and oxygen atoms in total. The lowest BCUT2D eigenvalue weighted by Gasteiger charge is -2.24. The maximum atomic E-state index is 13.4. The SMILES string of the molecule is COc1cccc(C(=O)N2CCC[C@H]2c2nn(C)cc2-c2ccnc(N3CCCC3)n2)c1. The summed E-state index contributed by atoms with van der Waals surface area (Å²) in [5.41, 5.74) is 3.34. The lowest BCUT2D eigenvalue weighted by Crippen LogP contribution is -2.31. The Hall–Kier alpha value is -3.42. The van der Waals surface area contributed by atoms with Gasteiger partial charge < -0.3 is 14.5 Å². The maximum absolute atomic E-state index is 13.4. The molecular formula is C24H28N6O2. The molecule has 0 N–H and O–H groups in total. The lowest BCUT2D eigenvalue weighted by molar-refractivity contribution is 0.0732. The summed E-state index contributed by atoms with van der Waals surface area (Å²) in [4.78, 5) is 26.9. The quantitative estimate of drug-likeness (QED) is 0.615. The van der Waals surface area contributed by atoms with Gasteiger partial charge in [0.2, 0.25) is 5.95 Å². The summed E-state index contributed by atoms with van der Waals surface area (Å²) in [7, 11) is 3.53. The molecule has 5 rings (SSSR count). The van der Waals surface area contributed by atoms with Crippen molar-refractivity contribution < 1.29 is 9.53 Å².